The van der Waals surface area contributed by atoms with E-state index in [1.807, 2.05) is 36.6 Å². The number of ether oxygens (including phenoxy) is 2. The minimum atomic E-state index is 0. The van der Waals surface area contributed by atoms with E-state index in [1.54, 1.807) is 7.11 Å². The first-order chi connectivity index (χ1) is 13.7. The van der Waals surface area contributed by atoms with Crippen molar-refractivity contribution < 1.29 is 9.47 Å². The van der Waals surface area contributed by atoms with Crippen molar-refractivity contribution in [2.24, 2.45) is 4.99 Å². The summed E-state index contributed by atoms with van der Waals surface area (Å²) in [6.07, 6.45) is 0. The molecule has 1 fully saturated rings. The molecule has 29 heavy (non-hydrogen) atoms. The van der Waals surface area contributed by atoms with Gasteiger partial charge >= 0.3 is 0 Å². The Morgan fingerprint density at radius 3 is 2.69 bits per heavy atom. The van der Waals surface area contributed by atoms with Crippen LogP contribution in [0.15, 0.2) is 46.8 Å². The van der Waals surface area contributed by atoms with E-state index in [4.69, 9.17) is 9.47 Å². The molecule has 0 aliphatic carbocycles. The summed E-state index contributed by atoms with van der Waals surface area (Å²) in [6, 6.07) is 12.8. The van der Waals surface area contributed by atoms with Gasteiger partial charge in [0.2, 0.25) is 0 Å². The Hall–Kier alpha value is -1.36. The van der Waals surface area contributed by atoms with Crippen molar-refractivity contribution in [3.63, 3.8) is 0 Å². The molecule has 2 aromatic rings. The Balaban J connectivity index is 0.00000300. The average Bonchev–Trinajstić information content (AvgIpc) is 3.26. The number of halogens is 1. The molecule has 6 nitrogen and oxygen atoms in total. The predicted molar refractivity (Wildman–Crippen MR) is 131 cm³/mol. The second-order valence-electron chi connectivity index (χ2n) is 6.78. The number of thiophene rings is 1. The van der Waals surface area contributed by atoms with Gasteiger partial charge in [-0.15, -0.1) is 35.3 Å². The molecule has 1 aliphatic rings. The number of hydrogen-bond donors (Lipinski definition) is 1. The van der Waals surface area contributed by atoms with Gasteiger partial charge in [-0.05, 0) is 17.5 Å². The number of methoxy groups -OCH3 is 1. The molecular formula is C21H31IN4O2S. The molecule has 0 spiro atoms. The lowest BCUT2D eigenvalue weighted by Crippen LogP contribution is -2.46. The zero-order valence-electron chi connectivity index (χ0n) is 17.3. The Morgan fingerprint density at radius 2 is 2.03 bits per heavy atom. The van der Waals surface area contributed by atoms with Gasteiger partial charge in [-0.3, -0.25) is 9.89 Å². The van der Waals surface area contributed by atoms with E-state index < -0.39 is 0 Å². The molecule has 2 heterocycles. The third kappa shape index (κ3) is 6.56. The lowest BCUT2D eigenvalue weighted by atomic mass is 10.2. The van der Waals surface area contributed by atoms with Gasteiger partial charge in [-0.1, -0.05) is 24.3 Å². The molecule has 1 unspecified atom stereocenters. The van der Waals surface area contributed by atoms with Crippen LogP contribution >= 0.6 is 35.3 Å². The smallest absolute Gasteiger partial charge is 0.193 e. The third-order valence-corrected chi connectivity index (χ3v) is 5.96. The largest absolute Gasteiger partial charge is 0.496 e. The Morgan fingerprint density at radius 1 is 1.28 bits per heavy atom. The van der Waals surface area contributed by atoms with Gasteiger partial charge in [0.1, 0.15) is 5.75 Å². The first kappa shape index (κ1) is 23.9. The number of aliphatic imine (C=N–C) groups is 1. The maximum absolute atomic E-state index is 5.54. The van der Waals surface area contributed by atoms with Crippen molar-refractivity contribution in [3.8, 4) is 5.75 Å². The summed E-state index contributed by atoms with van der Waals surface area (Å²) in [5.74, 6) is 1.77. The van der Waals surface area contributed by atoms with Crippen LogP contribution in [0.4, 0.5) is 0 Å². The number of guanidine groups is 1. The van der Waals surface area contributed by atoms with Crippen LogP contribution in [0.2, 0.25) is 0 Å². The Kier molecular flexibility index (Phi) is 10.2. The molecule has 1 aromatic carbocycles. The van der Waals surface area contributed by atoms with Crippen LogP contribution in [0.25, 0.3) is 0 Å². The molecule has 0 bridgehead atoms. The number of hydrogen-bond acceptors (Lipinski definition) is 5. The molecule has 0 saturated carbocycles. The van der Waals surface area contributed by atoms with Crippen LogP contribution in [0.5, 0.6) is 5.75 Å². The first-order valence-electron chi connectivity index (χ1n) is 9.61. The lowest BCUT2D eigenvalue weighted by molar-refractivity contribution is 0.0176. The van der Waals surface area contributed by atoms with Crippen molar-refractivity contribution in [1.29, 1.82) is 0 Å². The molecule has 1 aromatic heterocycles. The minimum absolute atomic E-state index is 0. The summed E-state index contributed by atoms with van der Waals surface area (Å²) in [6.45, 7) is 5.04. The monoisotopic (exact) mass is 530 g/mol. The lowest BCUT2D eigenvalue weighted by Gasteiger charge is -2.35. The van der Waals surface area contributed by atoms with Gasteiger partial charge in [-0.2, -0.15) is 0 Å². The standard InChI is InChI=1S/C21H30N4O2S.HI/c1-22-21(24(2)16-17-7-4-5-8-19(17)26-3)23-15-18(20-9-6-14-28-20)25-10-12-27-13-11-25;/h4-9,14,18H,10-13,15-16H2,1-3H3,(H,22,23);1H. The number of nitrogens with zero attached hydrogens (tertiary/aromatic N) is 3. The molecule has 1 atom stereocenters. The van der Waals surface area contributed by atoms with Gasteiger partial charge in [0.05, 0.1) is 26.4 Å². The van der Waals surface area contributed by atoms with Crippen LogP contribution in [0.3, 0.4) is 0 Å². The number of benzene rings is 1. The van der Waals surface area contributed by atoms with E-state index >= 15 is 0 Å². The van der Waals surface area contributed by atoms with Gasteiger partial charge in [-0.25, -0.2) is 0 Å². The van der Waals surface area contributed by atoms with Crippen molar-refractivity contribution in [2.45, 2.75) is 12.6 Å². The highest BCUT2D eigenvalue weighted by Gasteiger charge is 2.24. The van der Waals surface area contributed by atoms with Crippen molar-refractivity contribution in [3.05, 3.63) is 52.2 Å². The third-order valence-electron chi connectivity index (χ3n) is 4.98. The van der Waals surface area contributed by atoms with E-state index in [1.165, 1.54) is 4.88 Å². The molecule has 1 saturated heterocycles. The molecule has 8 heteroatoms. The summed E-state index contributed by atoms with van der Waals surface area (Å²) in [5, 5.41) is 5.72. The topological polar surface area (TPSA) is 49.3 Å². The Bertz CT molecular complexity index is 751. The number of para-hydroxylation sites is 1. The van der Waals surface area contributed by atoms with Gasteiger partial charge in [0.15, 0.2) is 5.96 Å². The van der Waals surface area contributed by atoms with E-state index in [-0.39, 0.29) is 24.0 Å². The van der Waals surface area contributed by atoms with Gasteiger partial charge < -0.3 is 19.7 Å². The molecule has 1 N–H and O–H groups in total. The molecular weight excluding hydrogens is 499 g/mol. The summed E-state index contributed by atoms with van der Waals surface area (Å²) < 4.78 is 11.0. The molecule has 160 valence electrons. The van der Waals surface area contributed by atoms with Crippen LogP contribution in [0, 0.1) is 0 Å². The number of rotatable bonds is 7. The maximum atomic E-state index is 5.54. The minimum Gasteiger partial charge on any atom is -0.496 e. The van der Waals surface area contributed by atoms with Crippen LogP contribution in [-0.4, -0.2) is 69.8 Å². The summed E-state index contributed by atoms with van der Waals surface area (Å²) in [4.78, 5) is 10.5. The quantitative estimate of drug-likeness (QED) is 0.338. The van der Waals surface area contributed by atoms with Crippen LogP contribution in [0.1, 0.15) is 16.5 Å². The molecule has 3 rings (SSSR count). The number of morpholine rings is 1. The second-order valence-corrected chi connectivity index (χ2v) is 7.75. The fourth-order valence-corrected chi connectivity index (χ4v) is 4.38. The fraction of sp³-hybridized carbons (Fsp3) is 0.476. The van der Waals surface area contributed by atoms with Crippen LogP contribution < -0.4 is 10.1 Å². The fourth-order valence-electron chi connectivity index (χ4n) is 3.52. The zero-order valence-corrected chi connectivity index (χ0v) is 20.5. The van der Waals surface area contributed by atoms with E-state index in [0.717, 1.165) is 56.7 Å². The van der Waals surface area contributed by atoms with Crippen molar-refractivity contribution in [1.82, 2.24) is 15.1 Å². The highest BCUT2D eigenvalue weighted by molar-refractivity contribution is 14.0. The Labute approximate surface area is 194 Å². The highest BCUT2D eigenvalue weighted by atomic mass is 127. The number of nitrogens with one attached hydrogen (secondary N) is 1. The summed E-state index contributed by atoms with van der Waals surface area (Å²) in [5.41, 5.74) is 1.14. The molecule has 1 aliphatic heterocycles. The van der Waals surface area contributed by atoms with E-state index in [9.17, 15) is 0 Å². The summed E-state index contributed by atoms with van der Waals surface area (Å²) >= 11 is 1.81. The maximum Gasteiger partial charge on any atom is 0.193 e. The van der Waals surface area contributed by atoms with E-state index in [2.05, 4.69) is 50.7 Å². The van der Waals surface area contributed by atoms with Gasteiger partial charge in [0, 0.05) is 50.7 Å². The normalized spacial score (nSPS) is 16.0. The average molecular weight is 530 g/mol. The van der Waals surface area contributed by atoms with Crippen LogP contribution in [-0.2, 0) is 11.3 Å². The van der Waals surface area contributed by atoms with Gasteiger partial charge in [0.25, 0.3) is 0 Å². The highest BCUT2D eigenvalue weighted by Crippen LogP contribution is 2.25. The molecule has 0 radical (unpaired) electrons. The zero-order chi connectivity index (χ0) is 19.8. The molecule has 0 amide bonds. The van der Waals surface area contributed by atoms with Crippen molar-refractivity contribution in [2.75, 3.05) is 54.1 Å². The SMILES string of the molecule is CN=C(NCC(c1cccs1)N1CCOCC1)N(C)Cc1ccccc1OC.I. The summed E-state index contributed by atoms with van der Waals surface area (Å²) in [7, 11) is 5.59. The predicted octanol–water partition coefficient (Wildman–Crippen LogP) is 3.46. The van der Waals surface area contributed by atoms with E-state index in [0.29, 0.717) is 6.04 Å². The first-order valence-corrected chi connectivity index (χ1v) is 10.5. The second kappa shape index (κ2) is 12.4. The van der Waals surface area contributed by atoms with Crippen molar-refractivity contribution >= 4 is 41.3 Å².